The van der Waals surface area contributed by atoms with Crippen molar-refractivity contribution in [2.45, 2.75) is 32.8 Å². The van der Waals surface area contributed by atoms with E-state index >= 15 is 0 Å². The molecule has 1 atom stereocenters. The Morgan fingerprint density at radius 1 is 1.24 bits per heavy atom. The predicted octanol–water partition coefficient (Wildman–Crippen LogP) is 5.25. The third-order valence-corrected chi connectivity index (χ3v) is 5.06. The van der Waals surface area contributed by atoms with Crippen LogP contribution in [0.15, 0.2) is 66.4 Å². The Labute approximate surface area is 177 Å². The number of aromatic hydroxyl groups is 1. The second kappa shape index (κ2) is 11.0. The molecule has 0 saturated heterocycles. The fraction of sp³-hybridized carbons (Fsp3) is 0.292. The van der Waals surface area contributed by atoms with E-state index in [0.717, 1.165) is 22.4 Å². The van der Waals surface area contributed by atoms with Gasteiger partial charge in [-0.05, 0) is 77.5 Å². The van der Waals surface area contributed by atoms with Crippen molar-refractivity contribution in [3.63, 3.8) is 0 Å². The number of allylic oxidation sites excluding steroid dienone is 1. The third kappa shape index (κ3) is 6.57. The Hall–Kier alpha value is -2.40. The summed E-state index contributed by atoms with van der Waals surface area (Å²) >= 11 is 6.27. The van der Waals surface area contributed by atoms with E-state index in [0.29, 0.717) is 23.4 Å². The number of benzene rings is 1. The average molecular weight is 414 g/mol. The van der Waals surface area contributed by atoms with Crippen LogP contribution in [-0.2, 0) is 0 Å². The number of hydrogen-bond donors (Lipinski definition) is 3. The highest BCUT2D eigenvalue weighted by Crippen LogP contribution is 2.30. The van der Waals surface area contributed by atoms with Crippen LogP contribution in [0, 0.1) is 5.92 Å². The lowest BCUT2D eigenvalue weighted by molar-refractivity contribution is 0.201. The fourth-order valence-electron chi connectivity index (χ4n) is 3.01. The van der Waals surface area contributed by atoms with Crippen molar-refractivity contribution >= 4 is 23.3 Å². The Kier molecular flexibility index (Phi) is 8.65. The number of pyridine rings is 1. The van der Waals surface area contributed by atoms with Crippen LogP contribution in [-0.4, -0.2) is 33.0 Å². The molecule has 1 aromatic carbocycles. The Balaban J connectivity index is 2.30. The number of phenolic OH excluding ortho intramolecular Hbond substituents is 1. The van der Waals surface area contributed by atoms with Crippen molar-refractivity contribution in [3.8, 4) is 5.75 Å². The number of aliphatic hydroxyl groups excluding tert-OH is 2. The van der Waals surface area contributed by atoms with Gasteiger partial charge in [0.2, 0.25) is 0 Å². The lowest BCUT2D eigenvalue weighted by atomic mass is 9.89. The zero-order chi connectivity index (χ0) is 21.4. The second-order valence-electron chi connectivity index (χ2n) is 7.17. The SMILES string of the molecule is C=C(/C(=C/CO)C(O)CC/C(=C/c1ccc(O)cc1Cl)c1ccccn1)C(C)C. The molecule has 0 aliphatic carbocycles. The molecule has 0 radical (unpaired) electrons. The van der Waals surface area contributed by atoms with E-state index in [4.69, 9.17) is 11.6 Å². The monoisotopic (exact) mass is 413 g/mol. The molecule has 1 aromatic heterocycles. The van der Waals surface area contributed by atoms with Crippen LogP contribution in [0.3, 0.4) is 0 Å². The maximum atomic E-state index is 10.8. The molecular formula is C24H28ClNO3. The van der Waals surface area contributed by atoms with Crippen LogP contribution in [0.2, 0.25) is 5.02 Å². The van der Waals surface area contributed by atoms with Crippen molar-refractivity contribution in [1.82, 2.24) is 4.98 Å². The molecular weight excluding hydrogens is 386 g/mol. The van der Waals surface area contributed by atoms with Crippen LogP contribution in [0.25, 0.3) is 11.6 Å². The maximum absolute atomic E-state index is 10.8. The van der Waals surface area contributed by atoms with Gasteiger partial charge in [0.1, 0.15) is 5.75 Å². The van der Waals surface area contributed by atoms with E-state index in [-0.39, 0.29) is 18.3 Å². The minimum Gasteiger partial charge on any atom is -0.508 e. The topological polar surface area (TPSA) is 73.6 Å². The Morgan fingerprint density at radius 3 is 2.59 bits per heavy atom. The summed E-state index contributed by atoms with van der Waals surface area (Å²) in [6.07, 6.45) is 5.49. The number of aromatic nitrogens is 1. The molecule has 4 nitrogen and oxygen atoms in total. The van der Waals surface area contributed by atoms with E-state index in [1.54, 1.807) is 24.4 Å². The number of aliphatic hydroxyl groups is 2. The molecule has 0 aliphatic heterocycles. The van der Waals surface area contributed by atoms with Gasteiger partial charge in [-0.1, -0.05) is 44.2 Å². The Morgan fingerprint density at radius 2 is 2.00 bits per heavy atom. The molecule has 29 heavy (non-hydrogen) atoms. The van der Waals surface area contributed by atoms with Gasteiger partial charge < -0.3 is 15.3 Å². The lowest BCUT2D eigenvalue weighted by Gasteiger charge is -2.20. The molecule has 0 fully saturated rings. The molecule has 2 rings (SSSR count). The minimum absolute atomic E-state index is 0.105. The molecule has 1 unspecified atom stereocenters. The number of halogens is 1. The normalized spacial score (nSPS) is 13.6. The first-order valence-corrected chi connectivity index (χ1v) is 10.00. The van der Waals surface area contributed by atoms with Gasteiger partial charge in [0.25, 0.3) is 0 Å². The van der Waals surface area contributed by atoms with E-state index in [1.807, 2.05) is 38.1 Å². The molecule has 0 aliphatic rings. The van der Waals surface area contributed by atoms with E-state index in [9.17, 15) is 15.3 Å². The van der Waals surface area contributed by atoms with Gasteiger partial charge in [0.15, 0.2) is 0 Å². The molecule has 1 heterocycles. The van der Waals surface area contributed by atoms with Crippen LogP contribution < -0.4 is 0 Å². The summed E-state index contributed by atoms with van der Waals surface area (Å²) in [7, 11) is 0. The van der Waals surface area contributed by atoms with Crippen LogP contribution in [0.4, 0.5) is 0 Å². The molecule has 3 N–H and O–H groups in total. The van der Waals surface area contributed by atoms with Gasteiger partial charge in [-0.3, -0.25) is 4.98 Å². The smallest absolute Gasteiger partial charge is 0.117 e. The quantitative estimate of drug-likeness (QED) is 0.490. The second-order valence-corrected chi connectivity index (χ2v) is 7.57. The third-order valence-electron chi connectivity index (χ3n) is 4.73. The number of nitrogens with zero attached hydrogens (tertiary/aromatic N) is 1. The summed E-state index contributed by atoms with van der Waals surface area (Å²) in [5.74, 6) is 0.275. The van der Waals surface area contributed by atoms with Gasteiger partial charge in [-0.25, -0.2) is 0 Å². The highest BCUT2D eigenvalue weighted by molar-refractivity contribution is 6.32. The van der Waals surface area contributed by atoms with Gasteiger partial charge in [-0.2, -0.15) is 0 Å². The van der Waals surface area contributed by atoms with Gasteiger partial charge in [-0.15, -0.1) is 0 Å². The fourth-order valence-corrected chi connectivity index (χ4v) is 3.24. The molecule has 2 aromatic rings. The van der Waals surface area contributed by atoms with E-state index in [2.05, 4.69) is 11.6 Å². The van der Waals surface area contributed by atoms with Gasteiger partial charge in [0.05, 0.1) is 23.4 Å². The minimum atomic E-state index is -0.751. The predicted molar refractivity (Wildman–Crippen MR) is 120 cm³/mol. The van der Waals surface area contributed by atoms with Crippen molar-refractivity contribution in [2.24, 2.45) is 5.92 Å². The maximum Gasteiger partial charge on any atom is 0.117 e. The van der Waals surface area contributed by atoms with Gasteiger partial charge in [0, 0.05) is 6.20 Å². The molecule has 0 spiro atoms. The molecule has 0 amide bonds. The number of rotatable bonds is 9. The molecule has 0 bridgehead atoms. The molecule has 0 saturated carbocycles. The van der Waals surface area contributed by atoms with E-state index in [1.165, 1.54) is 6.07 Å². The first-order valence-electron chi connectivity index (χ1n) is 9.62. The molecule has 154 valence electrons. The lowest BCUT2D eigenvalue weighted by Crippen LogP contribution is -2.15. The standard InChI is InChI=1S/C24H28ClNO3/c1-16(2)17(3)21(11-13-27)24(29)10-8-19(23-6-4-5-12-26-23)14-18-7-9-20(28)15-22(18)25/h4-7,9,11-12,14-16,24,27-29H,3,8,10,13H2,1-2H3/b19-14-,21-11-. The summed E-state index contributed by atoms with van der Waals surface area (Å²) in [6.45, 7) is 7.92. The van der Waals surface area contributed by atoms with Crippen LogP contribution in [0.5, 0.6) is 5.75 Å². The number of hydrogen-bond acceptors (Lipinski definition) is 4. The average Bonchev–Trinajstić information content (AvgIpc) is 2.70. The zero-order valence-corrected chi connectivity index (χ0v) is 17.6. The highest BCUT2D eigenvalue weighted by Gasteiger charge is 2.17. The summed E-state index contributed by atoms with van der Waals surface area (Å²) in [5.41, 5.74) is 3.95. The van der Waals surface area contributed by atoms with Crippen molar-refractivity contribution < 1.29 is 15.3 Å². The first kappa shape index (κ1) is 22.9. The van der Waals surface area contributed by atoms with Crippen molar-refractivity contribution in [1.29, 1.82) is 0 Å². The zero-order valence-electron chi connectivity index (χ0n) is 16.8. The first-order chi connectivity index (χ1) is 13.8. The van der Waals surface area contributed by atoms with Crippen molar-refractivity contribution in [3.05, 3.63) is 82.7 Å². The molecule has 5 heteroatoms. The van der Waals surface area contributed by atoms with Crippen LogP contribution in [0.1, 0.15) is 37.9 Å². The van der Waals surface area contributed by atoms with E-state index < -0.39 is 6.10 Å². The number of phenols is 1. The largest absolute Gasteiger partial charge is 0.508 e. The highest BCUT2D eigenvalue weighted by atomic mass is 35.5. The summed E-state index contributed by atoms with van der Waals surface area (Å²) in [6, 6.07) is 10.5. The summed E-state index contributed by atoms with van der Waals surface area (Å²) < 4.78 is 0. The van der Waals surface area contributed by atoms with Crippen molar-refractivity contribution in [2.75, 3.05) is 6.61 Å². The summed E-state index contributed by atoms with van der Waals surface area (Å²) in [4.78, 5) is 4.43. The Bertz CT molecular complexity index is 888. The summed E-state index contributed by atoms with van der Waals surface area (Å²) in [5, 5.41) is 30.1. The van der Waals surface area contributed by atoms with Crippen LogP contribution >= 0.6 is 11.6 Å². The van der Waals surface area contributed by atoms with Gasteiger partial charge >= 0.3 is 0 Å².